The Morgan fingerprint density at radius 3 is 2.50 bits per heavy atom. The van der Waals surface area contributed by atoms with E-state index in [1.165, 1.54) is 12.1 Å². The first kappa shape index (κ1) is 17.0. The van der Waals surface area contributed by atoms with Gasteiger partial charge in [-0.2, -0.15) is 0 Å². The average Bonchev–Trinajstić information content (AvgIpc) is 2.38. The number of benzene rings is 1. The average molecular weight is 321 g/mol. The van der Waals surface area contributed by atoms with Crippen molar-refractivity contribution in [3.8, 4) is 0 Å². The number of nitrogens with one attached hydrogen (secondary N) is 1. The Morgan fingerprint density at radius 1 is 1.25 bits per heavy atom. The van der Waals surface area contributed by atoms with Crippen LogP contribution >= 0.6 is 23.2 Å². The largest absolute Gasteiger partial charge is 0.399 e. The smallest absolute Gasteiger partial charge is 0.226 e. The standard InChI is InChI=1S/C13H18Cl2N2O3/c1-19-4-2-5-20-6-3-12(18)17-13-10(14)7-9(16)8-11(13)15/h7-8H,2-6,16H2,1H3,(H,17,18). The number of halogens is 2. The molecule has 112 valence electrons. The summed E-state index contributed by atoms with van der Waals surface area (Å²) in [7, 11) is 1.63. The van der Waals surface area contributed by atoms with Gasteiger partial charge in [-0.25, -0.2) is 0 Å². The van der Waals surface area contributed by atoms with Gasteiger partial charge in [-0.15, -0.1) is 0 Å². The second-order valence-corrected chi connectivity index (χ2v) is 4.93. The van der Waals surface area contributed by atoms with Crippen LogP contribution in [0.15, 0.2) is 12.1 Å². The van der Waals surface area contributed by atoms with Crippen molar-refractivity contribution in [2.45, 2.75) is 12.8 Å². The third-order valence-corrected chi connectivity index (χ3v) is 3.04. The molecule has 0 unspecified atom stereocenters. The molecule has 5 nitrogen and oxygen atoms in total. The maximum absolute atomic E-state index is 11.7. The van der Waals surface area contributed by atoms with Crippen molar-refractivity contribution in [3.63, 3.8) is 0 Å². The van der Waals surface area contributed by atoms with Gasteiger partial charge in [-0.05, 0) is 18.6 Å². The zero-order chi connectivity index (χ0) is 15.0. The molecule has 0 fully saturated rings. The first-order valence-electron chi connectivity index (χ1n) is 6.15. The lowest BCUT2D eigenvalue weighted by molar-refractivity contribution is -0.117. The molecule has 7 heteroatoms. The number of carbonyl (C=O) groups is 1. The topological polar surface area (TPSA) is 73.6 Å². The number of hydrogen-bond donors (Lipinski definition) is 2. The van der Waals surface area contributed by atoms with Gasteiger partial charge in [0.15, 0.2) is 0 Å². The van der Waals surface area contributed by atoms with Crippen molar-refractivity contribution in [2.24, 2.45) is 0 Å². The number of methoxy groups -OCH3 is 1. The van der Waals surface area contributed by atoms with Crippen molar-refractivity contribution >= 4 is 40.5 Å². The number of carbonyl (C=O) groups excluding carboxylic acids is 1. The van der Waals surface area contributed by atoms with Gasteiger partial charge in [0.1, 0.15) is 0 Å². The van der Waals surface area contributed by atoms with Crippen LogP contribution in [0.3, 0.4) is 0 Å². The lowest BCUT2D eigenvalue weighted by Gasteiger charge is -2.10. The fraction of sp³-hybridized carbons (Fsp3) is 0.462. The maximum Gasteiger partial charge on any atom is 0.226 e. The first-order chi connectivity index (χ1) is 9.54. The number of rotatable bonds is 8. The minimum absolute atomic E-state index is 0.217. The van der Waals surface area contributed by atoms with Crippen LogP contribution in [0.1, 0.15) is 12.8 Å². The summed E-state index contributed by atoms with van der Waals surface area (Å²) in [6.07, 6.45) is 1.03. The second kappa shape index (κ2) is 9.02. The van der Waals surface area contributed by atoms with E-state index in [9.17, 15) is 4.79 Å². The van der Waals surface area contributed by atoms with Crippen LogP contribution in [-0.2, 0) is 14.3 Å². The molecule has 1 amide bonds. The molecule has 1 aromatic rings. The van der Waals surface area contributed by atoms with Gasteiger partial charge in [0.05, 0.1) is 28.8 Å². The molecule has 1 aromatic carbocycles. The molecule has 1 rings (SSSR count). The Balaban J connectivity index is 2.36. The SMILES string of the molecule is COCCCOCCC(=O)Nc1c(Cl)cc(N)cc1Cl. The Labute approximate surface area is 128 Å². The predicted molar refractivity (Wildman–Crippen MR) is 81.4 cm³/mol. The summed E-state index contributed by atoms with van der Waals surface area (Å²) in [6, 6.07) is 3.06. The highest BCUT2D eigenvalue weighted by Gasteiger charge is 2.10. The highest BCUT2D eigenvalue weighted by atomic mass is 35.5. The van der Waals surface area contributed by atoms with E-state index < -0.39 is 0 Å². The highest BCUT2D eigenvalue weighted by Crippen LogP contribution is 2.32. The van der Waals surface area contributed by atoms with Gasteiger partial charge < -0.3 is 20.5 Å². The fourth-order valence-electron chi connectivity index (χ4n) is 1.49. The Morgan fingerprint density at radius 2 is 1.90 bits per heavy atom. The van der Waals surface area contributed by atoms with Crippen LogP contribution in [0.4, 0.5) is 11.4 Å². The van der Waals surface area contributed by atoms with Crippen LogP contribution in [0, 0.1) is 0 Å². The summed E-state index contributed by atoms with van der Waals surface area (Å²) in [5, 5.41) is 3.26. The van der Waals surface area contributed by atoms with Gasteiger partial charge >= 0.3 is 0 Å². The molecule has 0 aromatic heterocycles. The number of nitrogen functional groups attached to an aromatic ring is 1. The van der Waals surface area contributed by atoms with Crippen LogP contribution in [0.5, 0.6) is 0 Å². The Kier molecular flexibility index (Phi) is 7.69. The third-order valence-electron chi connectivity index (χ3n) is 2.44. The zero-order valence-electron chi connectivity index (χ0n) is 11.2. The Hall–Kier alpha value is -1.01. The van der Waals surface area contributed by atoms with Crippen molar-refractivity contribution in [3.05, 3.63) is 22.2 Å². The van der Waals surface area contributed by atoms with E-state index in [4.69, 9.17) is 38.4 Å². The molecule has 0 heterocycles. The molecule has 0 radical (unpaired) electrons. The van der Waals surface area contributed by atoms with Gasteiger partial charge in [-0.1, -0.05) is 23.2 Å². The number of hydrogen-bond acceptors (Lipinski definition) is 4. The number of nitrogens with two attached hydrogens (primary N) is 1. The summed E-state index contributed by atoms with van der Waals surface area (Å²) in [5.74, 6) is -0.217. The molecule has 0 aliphatic carbocycles. The molecule has 0 saturated carbocycles. The molecule has 20 heavy (non-hydrogen) atoms. The van der Waals surface area contributed by atoms with Crippen molar-refractivity contribution < 1.29 is 14.3 Å². The molecule has 0 spiro atoms. The molecule has 0 saturated heterocycles. The van der Waals surface area contributed by atoms with Gasteiger partial charge in [-0.3, -0.25) is 4.79 Å². The van der Waals surface area contributed by atoms with E-state index in [0.29, 0.717) is 41.2 Å². The monoisotopic (exact) mass is 320 g/mol. The summed E-state index contributed by atoms with van der Waals surface area (Å²) in [5.41, 5.74) is 6.40. The number of amides is 1. The van der Waals surface area contributed by atoms with Crippen LogP contribution in [0.2, 0.25) is 10.0 Å². The lowest BCUT2D eigenvalue weighted by Crippen LogP contribution is -2.15. The Bertz CT molecular complexity index is 432. The fourth-order valence-corrected chi connectivity index (χ4v) is 2.08. The first-order valence-corrected chi connectivity index (χ1v) is 6.91. The lowest BCUT2D eigenvalue weighted by atomic mass is 10.2. The highest BCUT2D eigenvalue weighted by molar-refractivity contribution is 6.40. The molecule has 3 N–H and O–H groups in total. The molecule has 0 atom stereocenters. The van der Waals surface area contributed by atoms with Crippen molar-refractivity contribution in [1.29, 1.82) is 0 Å². The number of ether oxygens (including phenoxy) is 2. The van der Waals surface area contributed by atoms with E-state index in [1.807, 2.05) is 0 Å². The van der Waals surface area contributed by atoms with Crippen LogP contribution < -0.4 is 11.1 Å². The van der Waals surface area contributed by atoms with E-state index in [2.05, 4.69) is 5.32 Å². The van der Waals surface area contributed by atoms with E-state index in [-0.39, 0.29) is 12.3 Å². The minimum Gasteiger partial charge on any atom is -0.399 e. The quantitative estimate of drug-likeness (QED) is 0.570. The molecule has 0 bridgehead atoms. The molecule has 0 aliphatic rings. The summed E-state index contributed by atoms with van der Waals surface area (Å²) in [6.45, 7) is 1.53. The van der Waals surface area contributed by atoms with E-state index in [1.54, 1.807) is 7.11 Å². The summed E-state index contributed by atoms with van der Waals surface area (Å²) in [4.78, 5) is 11.7. The van der Waals surface area contributed by atoms with Crippen LogP contribution in [0.25, 0.3) is 0 Å². The van der Waals surface area contributed by atoms with Crippen LogP contribution in [-0.4, -0.2) is 32.8 Å². The zero-order valence-corrected chi connectivity index (χ0v) is 12.8. The molecular formula is C13H18Cl2N2O3. The maximum atomic E-state index is 11.7. The van der Waals surface area contributed by atoms with Gasteiger partial charge in [0, 0.05) is 26.0 Å². The van der Waals surface area contributed by atoms with E-state index >= 15 is 0 Å². The number of anilines is 2. The minimum atomic E-state index is -0.217. The molecule has 0 aliphatic heterocycles. The van der Waals surface area contributed by atoms with Gasteiger partial charge in [0.2, 0.25) is 5.91 Å². The van der Waals surface area contributed by atoms with Crippen molar-refractivity contribution in [2.75, 3.05) is 38.0 Å². The van der Waals surface area contributed by atoms with Gasteiger partial charge in [0.25, 0.3) is 0 Å². The predicted octanol–water partition coefficient (Wildman–Crippen LogP) is 2.96. The summed E-state index contributed by atoms with van der Waals surface area (Å²) >= 11 is 11.9. The third kappa shape index (κ3) is 5.96. The summed E-state index contributed by atoms with van der Waals surface area (Å²) < 4.78 is 10.2. The van der Waals surface area contributed by atoms with Crippen molar-refractivity contribution in [1.82, 2.24) is 0 Å². The normalized spacial score (nSPS) is 10.6. The molecular weight excluding hydrogens is 303 g/mol. The second-order valence-electron chi connectivity index (χ2n) is 4.12. The van der Waals surface area contributed by atoms with E-state index in [0.717, 1.165) is 6.42 Å².